The first-order valence-electron chi connectivity index (χ1n) is 16.8. The number of hydrogen-bond donors (Lipinski definition) is 0. The minimum atomic E-state index is -4.78. The lowest BCUT2D eigenvalue weighted by molar-refractivity contribution is -0.150. The highest BCUT2D eigenvalue weighted by Gasteiger charge is 2.48. The highest BCUT2D eigenvalue weighted by Crippen LogP contribution is 2.49. The number of piperidine rings is 1. The Morgan fingerprint density at radius 2 is 1.65 bits per heavy atom. The van der Waals surface area contributed by atoms with Gasteiger partial charge in [-0.05, 0) is 85.4 Å². The standard InChI is InChI=1S/C36H43F6NO5/c1-20(34(44)47-13-12-45-3)32(23-5-6-23)24-7-4-22-8-11-30(48-31(22)14-24)33-25-16-43(17-26(33)19-46-18-25)21(2)28-15-27(35(37,38)39)9-10-29(28)36(40,41)42/h4,7,9-10,14-15,20-21,23,25-26,30,32-33H,5-6,8,11-13,16-19H2,1-3H3/t20-,21+,25?,26?,30?,32-,33?/m0/s1. The molecule has 2 saturated heterocycles. The number of benzene rings is 2. The second kappa shape index (κ2) is 13.8. The van der Waals surface area contributed by atoms with Crippen LogP contribution in [0.15, 0.2) is 36.4 Å². The predicted molar refractivity (Wildman–Crippen MR) is 164 cm³/mol. The number of carbonyl (C=O) groups is 1. The number of nitrogens with zero attached hydrogens (tertiary/aromatic N) is 1. The highest BCUT2D eigenvalue weighted by atomic mass is 19.4. The summed E-state index contributed by atoms with van der Waals surface area (Å²) in [4.78, 5) is 14.8. The van der Waals surface area contributed by atoms with Gasteiger partial charge in [-0.15, -0.1) is 0 Å². The molecule has 12 heteroatoms. The van der Waals surface area contributed by atoms with Crippen LogP contribution in [0.5, 0.6) is 5.75 Å². The summed E-state index contributed by atoms with van der Waals surface area (Å²) < 4.78 is 106. The molecule has 0 spiro atoms. The van der Waals surface area contributed by atoms with Gasteiger partial charge in [-0.25, -0.2) is 0 Å². The van der Waals surface area contributed by atoms with Gasteiger partial charge in [0.2, 0.25) is 0 Å². The molecule has 1 saturated carbocycles. The number of hydrogen-bond acceptors (Lipinski definition) is 6. The maximum Gasteiger partial charge on any atom is 0.416 e. The summed E-state index contributed by atoms with van der Waals surface area (Å²) in [6, 6.07) is 7.06. The van der Waals surface area contributed by atoms with Gasteiger partial charge in [-0.2, -0.15) is 26.3 Å². The van der Waals surface area contributed by atoms with Crippen LogP contribution in [0.1, 0.15) is 72.9 Å². The molecule has 4 aliphatic rings. The number of aryl methyl sites for hydroxylation is 1. The number of rotatable bonds is 10. The molecule has 6 nitrogen and oxygen atoms in total. The van der Waals surface area contributed by atoms with E-state index in [1.807, 2.05) is 11.8 Å². The Kier molecular flexibility index (Phi) is 10.1. The third-order valence-electron chi connectivity index (χ3n) is 10.8. The van der Waals surface area contributed by atoms with Gasteiger partial charge in [0.05, 0.1) is 36.9 Å². The first-order valence-corrected chi connectivity index (χ1v) is 16.8. The third kappa shape index (κ3) is 7.35. The number of alkyl halides is 6. The monoisotopic (exact) mass is 683 g/mol. The molecule has 1 aliphatic carbocycles. The van der Waals surface area contributed by atoms with Gasteiger partial charge in [0.1, 0.15) is 18.5 Å². The molecule has 0 aromatic heterocycles. The smallest absolute Gasteiger partial charge is 0.416 e. The van der Waals surface area contributed by atoms with Crippen LogP contribution in [0.25, 0.3) is 0 Å². The topological polar surface area (TPSA) is 57.2 Å². The van der Waals surface area contributed by atoms with Gasteiger partial charge in [0, 0.05) is 44.0 Å². The number of methoxy groups -OCH3 is 1. The molecule has 48 heavy (non-hydrogen) atoms. The van der Waals surface area contributed by atoms with Crippen molar-refractivity contribution >= 4 is 5.97 Å². The van der Waals surface area contributed by atoms with Crippen molar-refractivity contribution in [2.45, 2.75) is 69.9 Å². The maximum absolute atomic E-state index is 14.0. The Labute approximate surface area is 277 Å². The Bertz CT molecular complexity index is 1450. The molecule has 264 valence electrons. The fourth-order valence-corrected chi connectivity index (χ4v) is 8.28. The lowest BCUT2D eigenvalue weighted by atomic mass is 9.71. The van der Waals surface area contributed by atoms with Crippen molar-refractivity contribution in [1.29, 1.82) is 0 Å². The van der Waals surface area contributed by atoms with E-state index in [0.29, 0.717) is 57.0 Å². The lowest BCUT2D eigenvalue weighted by Crippen LogP contribution is -2.57. The van der Waals surface area contributed by atoms with Crippen LogP contribution in [-0.4, -0.2) is 63.6 Å². The minimum Gasteiger partial charge on any atom is -0.490 e. The van der Waals surface area contributed by atoms with Gasteiger partial charge in [0.15, 0.2) is 0 Å². The van der Waals surface area contributed by atoms with E-state index in [-0.39, 0.29) is 53.8 Å². The predicted octanol–water partition coefficient (Wildman–Crippen LogP) is 7.69. The average Bonchev–Trinajstić information content (AvgIpc) is 3.87. The molecule has 2 aromatic carbocycles. The fourth-order valence-electron chi connectivity index (χ4n) is 8.28. The van der Waals surface area contributed by atoms with Crippen LogP contribution in [0, 0.1) is 29.6 Å². The van der Waals surface area contributed by atoms with E-state index in [0.717, 1.165) is 42.6 Å². The zero-order valence-electron chi connectivity index (χ0n) is 27.4. The maximum atomic E-state index is 14.0. The van der Waals surface area contributed by atoms with Crippen LogP contribution in [0.4, 0.5) is 26.3 Å². The van der Waals surface area contributed by atoms with Crippen molar-refractivity contribution in [3.63, 3.8) is 0 Å². The molecule has 6 atom stereocenters. The number of fused-ring (bicyclic) bond motifs is 3. The van der Waals surface area contributed by atoms with Crippen molar-refractivity contribution in [3.05, 3.63) is 64.2 Å². The number of esters is 1. The highest BCUT2D eigenvalue weighted by molar-refractivity contribution is 5.73. The molecular weight excluding hydrogens is 640 g/mol. The van der Waals surface area contributed by atoms with E-state index in [9.17, 15) is 31.1 Å². The van der Waals surface area contributed by atoms with Crippen LogP contribution in [0.2, 0.25) is 0 Å². The van der Waals surface area contributed by atoms with E-state index >= 15 is 0 Å². The summed E-state index contributed by atoms with van der Waals surface area (Å²) in [6.07, 6.45) is -6.00. The number of carbonyl (C=O) groups excluding carboxylic acids is 1. The number of halogens is 6. The fraction of sp³-hybridized carbons (Fsp3) is 0.639. The van der Waals surface area contributed by atoms with Crippen LogP contribution < -0.4 is 4.74 Å². The van der Waals surface area contributed by atoms with Crippen LogP contribution in [-0.2, 0) is 37.8 Å². The summed E-state index contributed by atoms with van der Waals surface area (Å²) in [6.45, 7) is 5.58. The van der Waals surface area contributed by atoms with E-state index < -0.39 is 29.5 Å². The molecule has 6 rings (SSSR count). The van der Waals surface area contributed by atoms with Crippen molar-refractivity contribution in [1.82, 2.24) is 4.90 Å². The normalized spacial score (nSPS) is 26.6. The summed E-state index contributed by atoms with van der Waals surface area (Å²) in [5.41, 5.74) is -0.368. The van der Waals surface area contributed by atoms with Gasteiger partial charge in [0.25, 0.3) is 0 Å². The molecule has 3 fully saturated rings. The van der Waals surface area contributed by atoms with Crippen molar-refractivity contribution in [2.24, 2.45) is 29.6 Å². The average molecular weight is 684 g/mol. The minimum absolute atomic E-state index is 0.00395. The summed E-state index contributed by atoms with van der Waals surface area (Å²) in [5.74, 6) is 0.576. The lowest BCUT2D eigenvalue weighted by Gasteiger charge is -2.51. The van der Waals surface area contributed by atoms with Crippen LogP contribution in [0.3, 0.4) is 0 Å². The first-order chi connectivity index (χ1) is 22.8. The molecule has 0 amide bonds. The zero-order chi connectivity index (χ0) is 34.4. The van der Waals surface area contributed by atoms with Gasteiger partial charge in [-0.1, -0.05) is 19.1 Å². The van der Waals surface area contributed by atoms with Crippen LogP contribution >= 0.6 is 0 Å². The van der Waals surface area contributed by atoms with E-state index in [2.05, 4.69) is 18.2 Å². The van der Waals surface area contributed by atoms with Crippen molar-refractivity contribution in [3.8, 4) is 5.75 Å². The Morgan fingerprint density at radius 3 is 2.27 bits per heavy atom. The SMILES string of the molecule is COCCOC(=O)[C@@H](C)[C@H](c1ccc2c(c1)OC(C1C3COCC1CN([C@H](C)c1cc(C(F)(F)F)ccc1C(F)(F)F)C3)CC2)C1CC1. The molecule has 3 aliphatic heterocycles. The Morgan fingerprint density at radius 1 is 0.938 bits per heavy atom. The van der Waals surface area contributed by atoms with Crippen molar-refractivity contribution in [2.75, 3.05) is 46.6 Å². The number of likely N-dealkylation sites (tertiary alicyclic amines) is 1. The molecule has 3 heterocycles. The molecule has 0 radical (unpaired) electrons. The Balaban J connectivity index is 1.19. The molecule has 3 unspecified atom stereocenters. The van der Waals surface area contributed by atoms with Gasteiger partial charge < -0.3 is 18.9 Å². The van der Waals surface area contributed by atoms with Gasteiger partial charge in [-0.3, -0.25) is 9.69 Å². The third-order valence-corrected chi connectivity index (χ3v) is 10.8. The summed E-state index contributed by atoms with van der Waals surface area (Å²) >= 11 is 0. The van der Waals surface area contributed by atoms with E-state index in [4.69, 9.17) is 18.9 Å². The van der Waals surface area contributed by atoms with E-state index in [1.54, 1.807) is 14.0 Å². The largest absolute Gasteiger partial charge is 0.490 e. The second-order valence-electron chi connectivity index (χ2n) is 13.9. The first kappa shape index (κ1) is 35.0. The molecular formula is C36H43F6NO5. The molecule has 2 bridgehead atoms. The summed E-state index contributed by atoms with van der Waals surface area (Å²) in [5, 5.41) is 0. The second-order valence-corrected chi connectivity index (χ2v) is 13.9. The number of ether oxygens (including phenoxy) is 4. The van der Waals surface area contributed by atoms with Gasteiger partial charge >= 0.3 is 18.3 Å². The summed E-state index contributed by atoms with van der Waals surface area (Å²) in [7, 11) is 1.56. The zero-order valence-corrected chi connectivity index (χ0v) is 27.4. The quantitative estimate of drug-likeness (QED) is 0.146. The van der Waals surface area contributed by atoms with Crippen molar-refractivity contribution < 1.29 is 50.1 Å². The molecule has 0 N–H and O–H groups in total. The molecule has 2 aromatic rings. The van der Waals surface area contributed by atoms with E-state index in [1.165, 1.54) is 0 Å². The Hall–Kier alpha value is -2.83.